The second kappa shape index (κ2) is 5.53. The highest BCUT2D eigenvalue weighted by Crippen LogP contribution is 2.40. The van der Waals surface area contributed by atoms with Crippen molar-refractivity contribution in [2.75, 3.05) is 20.8 Å². The van der Waals surface area contributed by atoms with Crippen LogP contribution in [0.1, 0.15) is 40.3 Å². The molecule has 6 heteroatoms. The summed E-state index contributed by atoms with van der Waals surface area (Å²) in [6.07, 6.45) is 0.713. The maximum Gasteiger partial charge on any atom is 0.338 e. The van der Waals surface area contributed by atoms with Crippen LogP contribution in [0.5, 0.6) is 0 Å². The van der Waals surface area contributed by atoms with Crippen LogP contribution in [0.3, 0.4) is 0 Å². The maximum absolute atomic E-state index is 11.9. The van der Waals surface area contributed by atoms with Gasteiger partial charge in [0.15, 0.2) is 5.82 Å². The summed E-state index contributed by atoms with van der Waals surface area (Å²) in [7, 11) is 3.06. The van der Waals surface area contributed by atoms with Gasteiger partial charge < -0.3 is 14.0 Å². The van der Waals surface area contributed by atoms with Crippen molar-refractivity contribution in [3.63, 3.8) is 0 Å². The first-order valence-corrected chi connectivity index (χ1v) is 7.24. The van der Waals surface area contributed by atoms with Crippen molar-refractivity contribution in [1.29, 1.82) is 0 Å². The number of benzene rings is 1. The van der Waals surface area contributed by atoms with Crippen LogP contribution in [0.25, 0.3) is 11.4 Å². The molecule has 6 nitrogen and oxygen atoms in total. The van der Waals surface area contributed by atoms with Crippen LogP contribution in [0.2, 0.25) is 0 Å². The Balaban J connectivity index is 2.09. The van der Waals surface area contributed by atoms with Gasteiger partial charge in [-0.25, -0.2) is 4.79 Å². The summed E-state index contributed by atoms with van der Waals surface area (Å²) in [4.78, 5) is 11.9. The first kappa shape index (κ1) is 14.7. The molecule has 1 aromatic carbocycles. The molecule has 0 saturated heterocycles. The molecule has 0 saturated carbocycles. The highest BCUT2D eigenvalue weighted by atomic mass is 16.5. The predicted octanol–water partition coefficient (Wildman–Crippen LogP) is 2.15. The molecular weight excluding hydrogens is 282 g/mol. The summed E-state index contributed by atoms with van der Waals surface area (Å²) in [5, 5.41) is 8.56. The fourth-order valence-corrected chi connectivity index (χ4v) is 3.02. The van der Waals surface area contributed by atoms with Crippen LogP contribution >= 0.6 is 0 Å². The van der Waals surface area contributed by atoms with Crippen molar-refractivity contribution in [3.8, 4) is 11.4 Å². The molecule has 0 radical (unpaired) electrons. The van der Waals surface area contributed by atoms with Crippen LogP contribution in [-0.2, 0) is 15.9 Å². The highest BCUT2D eigenvalue weighted by Gasteiger charge is 2.31. The molecule has 0 spiro atoms. The van der Waals surface area contributed by atoms with Gasteiger partial charge in [-0.05, 0) is 31.0 Å². The monoisotopic (exact) mass is 301 g/mol. The van der Waals surface area contributed by atoms with Crippen LogP contribution in [0.4, 0.5) is 0 Å². The third-order valence-electron chi connectivity index (χ3n) is 4.18. The molecule has 22 heavy (non-hydrogen) atoms. The molecule has 1 aliphatic rings. The average molecular weight is 301 g/mol. The van der Waals surface area contributed by atoms with E-state index in [1.165, 1.54) is 7.11 Å². The number of ether oxygens (including phenoxy) is 2. The van der Waals surface area contributed by atoms with Gasteiger partial charge in [-0.2, -0.15) is 0 Å². The summed E-state index contributed by atoms with van der Waals surface area (Å²) in [5.74, 6) is 1.38. The lowest BCUT2D eigenvalue weighted by molar-refractivity contribution is 0.0600. The molecule has 1 aromatic heterocycles. The fraction of sp³-hybridized carbons (Fsp3) is 0.438. The Kier molecular flexibility index (Phi) is 3.70. The van der Waals surface area contributed by atoms with E-state index >= 15 is 0 Å². The van der Waals surface area contributed by atoms with Gasteiger partial charge in [-0.1, -0.05) is 6.07 Å². The quantitative estimate of drug-likeness (QED) is 0.810. The molecule has 1 aliphatic heterocycles. The van der Waals surface area contributed by atoms with Crippen molar-refractivity contribution in [3.05, 3.63) is 34.6 Å². The minimum atomic E-state index is -0.328. The molecular formula is C16H19N3O3. The van der Waals surface area contributed by atoms with Gasteiger partial charge >= 0.3 is 5.97 Å². The van der Waals surface area contributed by atoms with E-state index in [0.29, 0.717) is 18.6 Å². The second-order valence-electron chi connectivity index (χ2n) is 5.47. The first-order chi connectivity index (χ1) is 10.6. The second-order valence-corrected chi connectivity index (χ2v) is 5.47. The number of hydrogen-bond acceptors (Lipinski definition) is 5. The van der Waals surface area contributed by atoms with Crippen molar-refractivity contribution < 1.29 is 14.3 Å². The van der Waals surface area contributed by atoms with Gasteiger partial charge in [0.25, 0.3) is 0 Å². The zero-order valence-electron chi connectivity index (χ0n) is 13.2. The Morgan fingerprint density at radius 3 is 2.77 bits per heavy atom. The Morgan fingerprint density at radius 1 is 1.32 bits per heavy atom. The minimum Gasteiger partial charge on any atom is -0.465 e. The van der Waals surface area contributed by atoms with E-state index < -0.39 is 0 Å². The zero-order valence-corrected chi connectivity index (χ0v) is 13.2. The number of aryl methyl sites for hydroxylation is 1. The molecule has 1 unspecified atom stereocenters. The lowest BCUT2D eigenvalue weighted by Crippen LogP contribution is -2.09. The number of carbonyl (C=O) groups is 1. The third-order valence-corrected chi connectivity index (χ3v) is 4.18. The Morgan fingerprint density at radius 2 is 2.09 bits per heavy atom. The predicted molar refractivity (Wildman–Crippen MR) is 80.9 cm³/mol. The van der Waals surface area contributed by atoms with E-state index in [1.807, 2.05) is 19.1 Å². The van der Waals surface area contributed by atoms with Gasteiger partial charge in [-0.3, -0.25) is 0 Å². The number of hydrogen-bond donors (Lipinski definition) is 0. The van der Waals surface area contributed by atoms with E-state index in [0.717, 1.165) is 28.3 Å². The zero-order chi connectivity index (χ0) is 15.9. The number of methoxy groups -OCH3 is 2. The summed E-state index contributed by atoms with van der Waals surface area (Å²) in [6.45, 7) is 4.64. The number of aromatic nitrogens is 3. The van der Waals surface area contributed by atoms with E-state index in [1.54, 1.807) is 7.11 Å². The molecule has 0 N–H and O–H groups in total. The first-order valence-electron chi connectivity index (χ1n) is 7.24. The van der Waals surface area contributed by atoms with Crippen LogP contribution < -0.4 is 0 Å². The van der Waals surface area contributed by atoms with Crippen LogP contribution in [0.15, 0.2) is 12.1 Å². The lowest BCUT2D eigenvalue weighted by atomic mass is 9.97. The van der Waals surface area contributed by atoms with E-state index in [4.69, 9.17) is 9.47 Å². The molecule has 3 rings (SSSR count). The Bertz CT molecular complexity index is 736. The molecule has 116 valence electrons. The molecule has 2 heterocycles. The van der Waals surface area contributed by atoms with Crippen molar-refractivity contribution in [2.45, 2.75) is 26.3 Å². The number of carbonyl (C=O) groups excluding carboxylic acids is 1. The van der Waals surface area contributed by atoms with E-state index in [9.17, 15) is 4.79 Å². The minimum absolute atomic E-state index is 0.150. The van der Waals surface area contributed by atoms with Gasteiger partial charge in [0.1, 0.15) is 5.82 Å². The summed E-state index contributed by atoms with van der Waals surface area (Å²) < 4.78 is 12.1. The van der Waals surface area contributed by atoms with Crippen LogP contribution in [0, 0.1) is 6.92 Å². The molecule has 0 amide bonds. The maximum atomic E-state index is 11.9. The van der Waals surface area contributed by atoms with Crippen LogP contribution in [-0.4, -0.2) is 41.6 Å². The topological polar surface area (TPSA) is 66.2 Å². The highest BCUT2D eigenvalue weighted by molar-refractivity contribution is 5.93. The standard InChI is InChI=1S/C16H19N3O3/c1-9-7-12-10(2)19-14(5-6-21-3)17-18-15(19)13(12)8-11(9)16(20)22-4/h7-8,10H,5-6H2,1-4H3. The number of nitrogens with zero attached hydrogens (tertiary/aromatic N) is 3. The average Bonchev–Trinajstić information content (AvgIpc) is 3.04. The summed E-state index contributed by atoms with van der Waals surface area (Å²) in [6, 6.07) is 4.05. The SMILES string of the molecule is COCCc1nnc2n1C(C)c1cc(C)c(C(=O)OC)cc1-2. The van der Waals surface area contributed by atoms with E-state index in [-0.39, 0.29) is 12.0 Å². The Labute approximate surface area is 129 Å². The number of esters is 1. The number of fused-ring (bicyclic) bond motifs is 3. The molecule has 0 aliphatic carbocycles. The van der Waals surface area contributed by atoms with Crippen molar-refractivity contribution >= 4 is 5.97 Å². The van der Waals surface area contributed by atoms with Gasteiger partial charge in [0.05, 0.1) is 25.3 Å². The largest absolute Gasteiger partial charge is 0.465 e. The van der Waals surface area contributed by atoms with E-state index in [2.05, 4.69) is 21.7 Å². The van der Waals surface area contributed by atoms with Gasteiger partial charge in [0.2, 0.25) is 0 Å². The fourth-order valence-electron chi connectivity index (χ4n) is 3.02. The van der Waals surface area contributed by atoms with Crippen molar-refractivity contribution in [1.82, 2.24) is 14.8 Å². The van der Waals surface area contributed by atoms with Gasteiger partial charge in [0, 0.05) is 19.1 Å². The summed E-state index contributed by atoms with van der Waals surface area (Å²) >= 11 is 0. The Hall–Kier alpha value is -2.21. The smallest absolute Gasteiger partial charge is 0.338 e. The molecule has 0 bridgehead atoms. The third kappa shape index (κ3) is 2.11. The molecule has 0 fully saturated rings. The molecule has 2 aromatic rings. The normalized spacial score (nSPS) is 15.5. The number of rotatable bonds is 4. The molecule has 1 atom stereocenters. The van der Waals surface area contributed by atoms with Crippen molar-refractivity contribution in [2.24, 2.45) is 0 Å². The summed E-state index contributed by atoms with van der Waals surface area (Å²) in [5.41, 5.74) is 3.60. The van der Waals surface area contributed by atoms with Gasteiger partial charge in [-0.15, -0.1) is 10.2 Å². The lowest BCUT2D eigenvalue weighted by Gasteiger charge is -2.12.